The molecule has 4 saturated carbocycles. The molecule has 2 heterocycles. The predicted octanol–water partition coefficient (Wildman–Crippen LogP) is 3.40. The van der Waals surface area contributed by atoms with Crippen molar-refractivity contribution in [2.45, 2.75) is 56.8 Å². The molecule has 4 bridgehead atoms. The molecule has 7 nitrogen and oxygen atoms in total. The van der Waals surface area contributed by atoms with Gasteiger partial charge in [0.05, 0.1) is 11.0 Å². The summed E-state index contributed by atoms with van der Waals surface area (Å²) in [5.41, 5.74) is 4.51. The molecule has 0 spiro atoms. The number of alkyl halides is 3. The second kappa shape index (κ2) is 7.52. The van der Waals surface area contributed by atoms with E-state index in [-0.39, 0.29) is 36.0 Å². The number of likely N-dealkylation sites (tertiary alicyclic amines) is 1. The van der Waals surface area contributed by atoms with Crippen molar-refractivity contribution in [3.8, 4) is 0 Å². The van der Waals surface area contributed by atoms with Crippen molar-refractivity contribution in [1.29, 1.82) is 0 Å². The highest BCUT2D eigenvalue weighted by Gasteiger charge is 2.59. The number of aromatic nitrogens is 1. The first-order valence-corrected chi connectivity index (χ1v) is 11.2. The van der Waals surface area contributed by atoms with Crippen LogP contribution in [0.1, 0.15) is 44.1 Å². The minimum atomic E-state index is -4.42. The van der Waals surface area contributed by atoms with Crippen LogP contribution in [0.3, 0.4) is 0 Å². The number of rotatable bonds is 4. The average Bonchev–Trinajstić information content (AvgIpc) is 3.18. The second-order valence-electron chi connectivity index (χ2n) is 9.97. The van der Waals surface area contributed by atoms with Crippen molar-refractivity contribution in [1.82, 2.24) is 9.88 Å². The maximum absolute atomic E-state index is 12.8. The summed E-state index contributed by atoms with van der Waals surface area (Å²) in [4.78, 5) is 30.4. The van der Waals surface area contributed by atoms with Gasteiger partial charge in [-0.25, -0.2) is 9.78 Å². The van der Waals surface area contributed by atoms with Gasteiger partial charge in [0, 0.05) is 25.3 Å². The minimum Gasteiger partial charge on any atom is -0.446 e. The summed E-state index contributed by atoms with van der Waals surface area (Å²) in [7, 11) is 0. The number of carbonyl (C=O) groups excluding carboxylic acids is 2. The van der Waals surface area contributed by atoms with E-state index >= 15 is 0 Å². The fourth-order valence-corrected chi connectivity index (χ4v) is 6.56. The van der Waals surface area contributed by atoms with Gasteiger partial charge in [0.2, 0.25) is 5.91 Å². The number of ether oxygens (including phenoxy) is 1. The van der Waals surface area contributed by atoms with Crippen molar-refractivity contribution in [2.75, 3.05) is 18.4 Å². The summed E-state index contributed by atoms with van der Waals surface area (Å²) in [6.45, 7) is 0.907. The summed E-state index contributed by atoms with van der Waals surface area (Å²) in [6, 6.07) is 2.18. The van der Waals surface area contributed by atoms with Crippen molar-refractivity contribution in [2.24, 2.45) is 28.9 Å². The topological polar surface area (TPSA) is 97.6 Å². The predicted molar refractivity (Wildman–Crippen MR) is 108 cm³/mol. The van der Waals surface area contributed by atoms with Gasteiger partial charge in [0.1, 0.15) is 11.9 Å². The number of pyridine rings is 1. The molecule has 4 aliphatic carbocycles. The summed E-state index contributed by atoms with van der Waals surface area (Å²) in [5, 5.41) is 3.10. The van der Waals surface area contributed by atoms with Crippen molar-refractivity contribution in [3.63, 3.8) is 0 Å². The molecule has 3 N–H and O–H groups in total. The van der Waals surface area contributed by atoms with Crippen LogP contribution >= 0.6 is 0 Å². The van der Waals surface area contributed by atoms with E-state index in [9.17, 15) is 22.8 Å². The Morgan fingerprint density at radius 1 is 1.19 bits per heavy atom. The molecular formula is C22H27F3N4O3. The Labute approximate surface area is 183 Å². The summed E-state index contributed by atoms with van der Waals surface area (Å²) >= 11 is 0. The zero-order chi connectivity index (χ0) is 22.7. The zero-order valence-corrected chi connectivity index (χ0v) is 17.6. The number of anilines is 1. The average molecular weight is 452 g/mol. The second-order valence-corrected chi connectivity index (χ2v) is 9.97. The molecule has 5 fully saturated rings. The number of nitrogens with two attached hydrogens (primary N) is 1. The van der Waals surface area contributed by atoms with E-state index in [1.807, 2.05) is 0 Å². The van der Waals surface area contributed by atoms with Crippen LogP contribution in [0.4, 0.5) is 23.8 Å². The van der Waals surface area contributed by atoms with Gasteiger partial charge in [-0.05, 0) is 68.4 Å². The lowest BCUT2D eigenvalue weighted by Crippen LogP contribution is -2.59. The van der Waals surface area contributed by atoms with Crippen LogP contribution in [-0.2, 0) is 15.7 Å². The van der Waals surface area contributed by atoms with E-state index in [4.69, 9.17) is 10.5 Å². The van der Waals surface area contributed by atoms with E-state index in [0.29, 0.717) is 44.1 Å². The van der Waals surface area contributed by atoms with E-state index in [1.165, 1.54) is 6.07 Å². The quantitative estimate of drug-likeness (QED) is 0.730. The van der Waals surface area contributed by atoms with Crippen LogP contribution in [0.2, 0.25) is 0 Å². The normalized spacial score (nSPS) is 35.7. The van der Waals surface area contributed by atoms with Crippen molar-refractivity contribution < 1.29 is 27.5 Å². The van der Waals surface area contributed by atoms with Crippen molar-refractivity contribution in [3.05, 3.63) is 23.9 Å². The van der Waals surface area contributed by atoms with Gasteiger partial charge in [-0.15, -0.1) is 0 Å². The number of halogens is 3. The Hall–Kier alpha value is -2.52. The fraction of sp³-hybridized carbons (Fsp3) is 0.682. The van der Waals surface area contributed by atoms with E-state index in [0.717, 1.165) is 31.5 Å². The summed E-state index contributed by atoms with van der Waals surface area (Å²) in [6.07, 6.45) is 0.739. The first kappa shape index (κ1) is 21.3. The highest BCUT2D eigenvalue weighted by molar-refractivity contribution is 5.81. The lowest BCUT2D eigenvalue weighted by atomic mass is 9.48. The molecule has 5 unspecified atom stereocenters. The standard InChI is InChI=1S/C22H27F3N4O3/c23-22(24,25)15-1-2-17(27-10-15)28-16-3-4-29(11-16)20(31)32-18-13-5-12-6-14(18)9-21(7-12,8-13)19(26)30/h1-2,10,12-14,16,18H,3-9,11H2,(H2,26,30)(H,27,28)/t12?,13-,14?,16?,18?,21?/m0/s1. The first-order chi connectivity index (χ1) is 15.1. The van der Waals surface area contributed by atoms with E-state index in [2.05, 4.69) is 10.3 Å². The lowest BCUT2D eigenvalue weighted by molar-refractivity contribution is -0.161. The molecular weight excluding hydrogens is 425 g/mol. The molecule has 5 aliphatic rings. The fourth-order valence-electron chi connectivity index (χ4n) is 6.56. The Balaban J connectivity index is 1.16. The molecule has 2 amide bonds. The molecule has 1 aliphatic heterocycles. The number of amides is 2. The van der Waals surface area contributed by atoms with Crippen LogP contribution in [0.25, 0.3) is 0 Å². The smallest absolute Gasteiger partial charge is 0.417 e. The number of nitrogens with zero attached hydrogens (tertiary/aromatic N) is 2. The van der Waals surface area contributed by atoms with Gasteiger partial charge in [-0.1, -0.05) is 0 Å². The highest BCUT2D eigenvalue weighted by atomic mass is 19.4. The number of primary amides is 1. The lowest BCUT2D eigenvalue weighted by Gasteiger charge is -2.58. The van der Waals surface area contributed by atoms with Crippen LogP contribution in [0.5, 0.6) is 0 Å². The number of hydrogen-bond acceptors (Lipinski definition) is 5. The van der Waals surface area contributed by atoms with Gasteiger partial charge >= 0.3 is 12.3 Å². The van der Waals surface area contributed by atoms with Crippen LogP contribution in [0.15, 0.2) is 18.3 Å². The Morgan fingerprint density at radius 2 is 1.91 bits per heavy atom. The van der Waals surface area contributed by atoms with Crippen LogP contribution < -0.4 is 11.1 Å². The number of nitrogens with one attached hydrogen (secondary N) is 1. The third-order valence-electron chi connectivity index (χ3n) is 7.84. The first-order valence-electron chi connectivity index (χ1n) is 11.2. The largest absolute Gasteiger partial charge is 0.446 e. The van der Waals surface area contributed by atoms with Gasteiger partial charge in [-0.2, -0.15) is 13.2 Å². The highest BCUT2D eigenvalue weighted by Crippen LogP contribution is 2.60. The van der Waals surface area contributed by atoms with Crippen molar-refractivity contribution >= 4 is 17.8 Å². The summed E-state index contributed by atoms with van der Waals surface area (Å²) < 4.78 is 44.0. The number of hydrogen-bond donors (Lipinski definition) is 2. The zero-order valence-electron chi connectivity index (χ0n) is 17.6. The minimum absolute atomic E-state index is 0.108. The molecule has 0 radical (unpaired) electrons. The van der Waals surface area contributed by atoms with Crippen LogP contribution in [-0.4, -0.2) is 47.1 Å². The molecule has 0 aromatic carbocycles. The molecule has 6 atom stereocenters. The number of carbonyl (C=O) groups is 2. The third kappa shape index (κ3) is 3.77. The van der Waals surface area contributed by atoms with E-state index in [1.54, 1.807) is 4.90 Å². The molecule has 174 valence electrons. The molecule has 1 aromatic rings. The van der Waals surface area contributed by atoms with E-state index < -0.39 is 17.2 Å². The van der Waals surface area contributed by atoms with Gasteiger partial charge in [0.25, 0.3) is 0 Å². The summed E-state index contributed by atoms with van der Waals surface area (Å²) in [5.74, 6) is 0.991. The van der Waals surface area contributed by atoms with Gasteiger partial charge in [-0.3, -0.25) is 4.79 Å². The van der Waals surface area contributed by atoms with Crippen LogP contribution in [0, 0.1) is 23.2 Å². The molecule has 1 saturated heterocycles. The molecule has 32 heavy (non-hydrogen) atoms. The molecule has 1 aromatic heterocycles. The molecule has 10 heteroatoms. The maximum Gasteiger partial charge on any atom is 0.417 e. The third-order valence-corrected chi connectivity index (χ3v) is 7.84. The molecule has 6 rings (SSSR count). The Bertz CT molecular complexity index is 891. The monoisotopic (exact) mass is 452 g/mol. The SMILES string of the molecule is NC(=O)C12CC3CC(C1)C(OC(=O)N1CCC(Nc4ccc(C(F)(F)F)cn4)C1)[C@@H](C3)C2. The van der Waals surface area contributed by atoms with Gasteiger partial charge in [0.15, 0.2) is 0 Å². The maximum atomic E-state index is 12.8. The Kier molecular flexibility index (Phi) is 5.01. The van der Waals surface area contributed by atoms with Gasteiger partial charge < -0.3 is 20.7 Å². The Morgan fingerprint density at radius 3 is 2.50 bits per heavy atom.